The number of rotatable bonds is 5. The molecule has 0 aromatic carbocycles. The summed E-state index contributed by atoms with van der Waals surface area (Å²) in [6.45, 7) is 5.09. The van der Waals surface area contributed by atoms with Gasteiger partial charge in [0.1, 0.15) is 18.0 Å². The minimum absolute atomic E-state index is 0.0437. The Kier molecular flexibility index (Phi) is 4.24. The van der Waals surface area contributed by atoms with Crippen LogP contribution in [0.15, 0.2) is 12.4 Å². The van der Waals surface area contributed by atoms with E-state index in [1.54, 1.807) is 0 Å². The van der Waals surface area contributed by atoms with E-state index in [-0.39, 0.29) is 17.5 Å². The van der Waals surface area contributed by atoms with Crippen molar-refractivity contribution in [2.45, 2.75) is 26.3 Å². The normalized spacial score (nSPS) is 21.5. The fourth-order valence-corrected chi connectivity index (χ4v) is 3.63. The molecule has 1 aromatic heterocycles. The van der Waals surface area contributed by atoms with Crippen molar-refractivity contribution in [3.8, 4) is 0 Å². The fraction of sp³-hybridized carbons (Fsp3) is 0.667. The smallest absolute Gasteiger partial charge is 0.152 e. The van der Waals surface area contributed by atoms with E-state index in [9.17, 15) is 8.42 Å². The van der Waals surface area contributed by atoms with Gasteiger partial charge in [0, 0.05) is 18.7 Å². The lowest BCUT2D eigenvalue weighted by Crippen LogP contribution is -2.21. The highest BCUT2D eigenvalue weighted by Gasteiger charge is 2.27. The van der Waals surface area contributed by atoms with Gasteiger partial charge in [0.2, 0.25) is 0 Å². The van der Waals surface area contributed by atoms with Crippen LogP contribution in [0.1, 0.15) is 20.3 Å². The predicted octanol–water partition coefficient (Wildman–Crippen LogP) is 1.14. The standard InChI is InChI=1S/C12H20N4O2S/c1-9(2)6-13-11-5-12(15-8-14-11)16-10-3-4-19(17,18)7-10/h5,8-10H,3-4,6-7H2,1-2H3,(H2,13,14,15,16). The van der Waals surface area contributed by atoms with Crippen LogP contribution in [0, 0.1) is 5.92 Å². The molecule has 0 bridgehead atoms. The molecule has 0 radical (unpaired) electrons. The molecule has 1 unspecified atom stereocenters. The summed E-state index contributed by atoms with van der Waals surface area (Å²) in [5, 5.41) is 6.37. The van der Waals surface area contributed by atoms with Gasteiger partial charge in [0.05, 0.1) is 11.5 Å². The molecule has 2 N–H and O–H groups in total. The third-order valence-electron chi connectivity index (χ3n) is 2.94. The van der Waals surface area contributed by atoms with Crippen LogP contribution in [0.5, 0.6) is 0 Å². The summed E-state index contributed by atoms with van der Waals surface area (Å²) in [6.07, 6.45) is 2.12. The first-order valence-corrected chi connectivity index (χ1v) is 8.29. The van der Waals surface area contributed by atoms with Crippen molar-refractivity contribution < 1.29 is 8.42 Å². The molecular formula is C12H20N4O2S. The summed E-state index contributed by atoms with van der Waals surface area (Å²) in [4.78, 5) is 8.25. The summed E-state index contributed by atoms with van der Waals surface area (Å²) >= 11 is 0. The molecule has 0 aliphatic carbocycles. The Balaban J connectivity index is 1.95. The zero-order chi connectivity index (χ0) is 13.9. The zero-order valence-corrected chi connectivity index (χ0v) is 12.1. The Morgan fingerprint density at radius 2 is 2.11 bits per heavy atom. The highest BCUT2D eigenvalue weighted by atomic mass is 32.2. The number of hydrogen-bond acceptors (Lipinski definition) is 6. The number of hydrogen-bond donors (Lipinski definition) is 2. The zero-order valence-electron chi connectivity index (χ0n) is 11.3. The minimum atomic E-state index is -2.87. The van der Waals surface area contributed by atoms with Gasteiger partial charge in [-0.2, -0.15) is 0 Å². The van der Waals surface area contributed by atoms with Crippen molar-refractivity contribution in [3.63, 3.8) is 0 Å². The van der Waals surface area contributed by atoms with Crippen molar-refractivity contribution in [2.75, 3.05) is 28.7 Å². The van der Waals surface area contributed by atoms with Crippen molar-refractivity contribution in [1.82, 2.24) is 9.97 Å². The van der Waals surface area contributed by atoms with Crippen molar-refractivity contribution in [1.29, 1.82) is 0 Å². The summed E-state index contributed by atoms with van der Waals surface area (Å²) in [5.41, 5.74) is 0. The van der Waals surface area contributed by atoms with Gasteiger partial charge < -0.3 is 10.6 Å². The van der Waals surface area contributed by atoms with E-state index in [4.69, 9.17) is 0 Å². The third kappa shape index (κ3) is 4.34. The highest BCUT2D eigenvalue weighted by molar-refractivity contribution is 7.91. The van der Waals surface area contributed by atoms with Gasteiger partial charge in [-0.1, -0.05) is 13.8 Å². The molecular weight excluding hydrogens is 264 g/mol. The second-order valence-electron chi connectivity index (χ2n) is 5.31. The van der Waals surface area contributed by atoms with Gasteiger partial charge in [-0.25, -0.2) is 18.4 Å². The number of sulfone groups is 1. The SMILES string of the molecule is CC(C)CNc1cc(NC2CCS(=O)(=O)C2)ncn1. The van der Waals surface area contributed by atoms with Gasteiger partial charge >= 0.3 is 0 Å². The van der Waals surface area contributed by atoms with Crippen molar-refractivity contribution in [3.05, 3.63) is 12.4 Å². The van der Waals surface area contributed by atoms with Gasteiger partial charge in [-0.15, -0.1) is 0 Å². The van der Waals surface area contributed by atoms with E-state index in [2.05, 4.69) is 34.4 Å². The molecule has 1 fully saturated rings. The molecule has 0 saturated carbocycles. The summed E-state index contributed by atoms with van der Waals surface area (Å²) in [6, 6.07) is 1.77. The van der Waals surface area contributed by atoms with Crippen LogP contribution in [-0.4, -0.2) is 42.5 Å². The van der Waals surface area contributed by atoms with E-state index in [1.807, 2.05) is 6.07 Å². The third-order valence-corrected chi connectivity index (χ3v) is 4.71. The molecule has 1 aromatic rings. The van der Waals surface area contributed by atoms with Crippen LogP contribution < -0.4 is 10.6 Å². The molecule has 1 aliphatic heterocycles. The summed E-state index contributed by atoms with van der Waals surface area (Å²) < 4.78 is 22.8. The van der Waals surface area contributed by atoms with Crippen LogP contribution in [0.3, 0.4) is 0 Å². The molecule has 19 heavy (non-hydrogen) atoms. The average Bonchev–Trinajstić information content (AvgIpc) is 2.66. The monoisotopic (exact) mass is 284 g/mol. The van der Waals surface area contributed by atoms with Crippen LogP contribution in [-0.2, 0) is 9.84 Å². The molecule has 0 amide bonds. The topological polar surface area (TPSA) is 84.0 Å². The quantitative estimate of drug-likeness (QED) is 0.843. The lowest BCUT2D eigenvalue weighted by Gasteiger charge is -2.13. The first-order valence-electron chi connectivity index (χ1n) is 6.47. The highest BCUT2D eigenvalue weighted by Crippen LogP contribution is 2.17. The summed E-state index contributed by atoms with van der Waals surface area (Å²) in [7, 11) is -2.87. The van der Waals surface area contributed by atoms with E-state index < -0.39 is 9.84 Å². The van der Waals surface area contributed by atoms with Crippen LogP contribution in [0.25, 0.3) is 0 Å². The molecule has 0 spiro atoms. The molecule has 2 rings (SSSR count). The first kappa shape index (κ1) is 14.0. The number of anilines is 2. The maximum Gasteiger partial charge on any atom is 0.152 e. The number of nitrogens with zero attached hydrogens (tertiary/aromatic N) is 2. The predicted molar refractivity (Wildman–Crippen MR) is 76.0 cm³/mol. The second kappa shape index (κ2) is 5.73. The minimum Gasteiger partial charge on any atom is -0.370 e. The van der Waals surface area contributed by atoms with Crippen LogP contribution >= 0.6 is 0 Å². The molecule has 6 nitrogen and oxygen atoms in total. The van der Waals surface area contributed by atoms with Gasteiger partial charge in [0.25, 0.3) is 0 Å². The molecule has 2 heterocycles. The van der Waals surface area contributed by atoms with Gasteiger partial charge in [0.15, 0.2) is 9.84 Å². The van der Waals surface area contributed by atoms with Crippen molar-refractivity contribution in [2.24, 2.45) is 5.92 Å². The molecule has 7 heteroatoms. The van der Waals surface area contributed by atoms with E-state index in [0.29, 0.717) is 18.2 Å². The lowest BCUT2D eigenvalue weighted by atomic mass is 10.2. The van der Waals surface area contributed by atoms with E-state index in [0.717, 1.165) is 12.4 Å². The number of aromatic nitrogens is 2. The fourth-order valence-electron chi connectivity index (χ4n) is 1.96. The largest absolute Gasteiger partial charge is 0.370 e. The van der Waals surface area contributed by atoms with Crippen molar-refractivity contribution >= 4 is 21.5 Å². The van der Waals surface area contributed by atoms with Crippen LogP contribution in [0.4, 0.5) is 11.6 Å². The molecule has 106 valence electrons. The average molecular weight is 284 g/mol. The Morgan fingerprint density at radius 1 is 1.37 bits per heavy atom. The maximum atomic E-state index is 11.4. The molecule has 1 aliphatic rings. The maximum absolute atomic E-state index is 11.4. The second-order valence-corrected chi connectivity index (χ2v) is 7.54. The first-order chi connectivity index (χ1) is 8.94. The molecule has 1 atom stereocenters. The Morgan fingerprint density at radius 3 is 2.74 bits per heavy atom. The summed E-state index contributed by atoms with van der Waals surface area (Å²) in [5.74, 6) is 2.40. The Bertz CT molecular complexity index is 530. The van der Waals surface area contributed by atoms with Gasteiger partial charge in [-0.3, -0.25) is 0 Å². The lowest BCUT2D eigenvalue weighted by molar-refractivity contribution is 0.602. The number of nitrogens with one attached hydrogen (secondary N) is 2. The molecule has 1 saturated heterocycles. The van der Waals surface area contributed by atoms with Crippen LogP contribution in [0.2, 0.25) is 0 Å². The van der Waals surface area contributed by atoms with E-state index in [1.165, 1.54) is 6.33 Å². The Labute approximate surface area is 114 Å². The van der Waals surface area contributed by atoms with E-state index >= 15 is 0 Å². The van der Waals surface area contributed by atoms with Gasteiger partial charge in [-0.05, 0) is 12.3 Å². The Hall–Kier alpha value is -1.37.